The molecule has 2 rings (SSSR count). The zero-order valence-corrected chi connectivity index (χ0v) is 16.0. The Kier molecular flexibility index (Phi) is 7.04. The molecule has 0 aliphatic heterocycles. The van der Waals surface area contributed by atoms with Crippen LogP contribution in [0.4, 0.5) is 14.5 Å². The van der Waals surface area contributed by atoms with Crippen LogP contribution >= 0.6 is 0 Å². The molecule has 0 radical (unpaired) electrons. The number of halogens is 2. The van der Waals surface area contributed by atoms with E-state index < -0.39 is 27.6 Å². The van der Waals surface area contributed by atoms with Crippen molar-refractivity contribution in [3.05, 3.63) is 59.7 Å². The monoisotopic (exact) mass is 396 g/mol. The van der Waals surface area contributed by atoms with Crippen molar-refractivity contribution in [3.8, 4) is 0 Å². The van der Waals surface area contributed by atoms with Crippen LogP contribution in [0.1, 0.15) is 25.8 Å². The molecule has 1 amide bonds. The Morgan fingerprint density at radius 2 is 1.67 bits per heavy atom. The number of hydrogen-bond acceptors (Lipinski definition) is 3. The van der Waals surface area contributed by atoms with Gasteiger partial charge < -0.3 is 5.32 Å². The van der Waals surface area contributed by atoms with Gasteiger partial charge in [0, 0.05) is 25.6 Å². The maximum Gasteiger partial charge on any atom is 0.243 e. The average Bonchev–Trinajstić information content (AvgIpc) is 2.64. The van der Waals surface area contributed by atoms with Crippen molar-refractivity contribution < 1.29 is 22.0 Å². The summed E-state index contributed by atoms with van der Waals surface area (Å²) in [6.45, 7) is 4.32. The molecule has 0 bridgehead atoms. The predicted molar refractivity (Wildman–Crippen MR) is 99.9 cm³/mol. The van der Waals surface area contributed by atoms with Gasteiger partial charge in [-0.25, -0.2) is 17.2 Å². The molecule has 0 spiro atoms. The Balaban J connectivity index is 1.99. The van der Waals surface area contributed by atoms with Crippen LogP contribution in [0.25, 0.3) is 0 Å². The number of carbonyl (C=O) groups is 1. The fourth-order valence-corrected chi connectivity index (χ4v) is 4.06. The number of sulfonamides is 1. The average molecular weight is 396 g/mol. The smallest absolute Gasteiger partial charge is 0.243 e. The maximum absolute atomic E-state index is 13.5. The zero-order chi connectivity index (χ0) is 20.0. The Labute approximate surface area is 158 Å². The van der Waals surface area contributed by atoms with Gasteiger partial charge in [-0.15, -0.1) is 0 Å². The van der Waals surface area contributed by atoms with Crippen molar-refractivity contribution in [1.82, 2.24) is 4.31 Å². The maximum atomic E-state index is 13.5. The van der Waals surface area contributed by atoms with Crippen molar-refractivity contribution in [2.24, 2.45) is 0 Å². The van der Waals surface area contributed by atoms with E-state index in [9.17, 15) is 22.0 Å². The number of benzene rings is 2. The van der Waals surface area contributed by atoms with Crippen molar-refractivity contribution in [2.75, 3.05) is 18.4 Å². The fraction of sp³-hybridized carbons (Fsp3) is 0.316. The molecule has 8 heteroatoms. The van der Waals surface area contributed by atoms with Gasteiger partial charge in [0.05, 0.1) is 10.6 Å². The Hall–Kier alpha value is -2.32. The molecule has 0 saturated heterocycles. The highest BCUT2D eigenvalue weighted by molar-refractivity contribution is 7.89. The van der Waals surface area contributed by atoms with Crippen LogP contribution in [0.15, 0.2) is 47.4 Å². The zero-order valence-electron chi connectivity index (χ0n) is 15.2. The molecule has 0 saturated carbocycles. The molecule has 0 fully saturated rings. The number of hydrogen-bond donors (Lipinski definition) is 1. The summed E-state index contributed by atoms with van der Waals surface area (Å²) < 4.78 is 52.9. The van der Waals surface area contributed by atoms with Crippen LogP contribution in [-0.2, 0) is 21.2 Å². The largest absolute Gasteiger partial charge is 0.324 e. The van der Waals surface area contributed by atoms with E-state index in [1.807, 2.05) is 0 Å². The van der Waals surface area contributed by atoms with Gasteiger partial charge in [-0.3, -0.25) is 4.79 Å². The lowest BCUT2D eigenvalue weighted by Gasteiger charge is -2.18. The van der Waals surface area contributed by atoms with Crippen molar-refractivity contribution in [2.45, 2.75) is 31.6 Å². The molecule has 0 aliphatic rings. The number of aryl methyl sites for hydroxylation is 1. The highest BCUT2D eigenvalue weighted by Crippen LogP contribution is 2.18. The Bertz CT molecular complexity index is 896. The lowest BCUT2D eigenvalue weighted by molar-refractivity contribution is -0.116. The van der Waals surface area contributed by atoms with Crippen LogP contribution in [-0.4, -0.2) is 31.7 Å². The molecule has 0 aliphatic carbocycles. The topological polar surface area (TPSA) is 66.5 Å². The van der Waals surface area contributed by atoms with Crippen molar-refractivity contribution in [1.29, 1.82) is 0 Å². The van der Waals surface area contributed by atoms with E-state index in [0.717, 1.165) is 23.8 Å². The minimum atomic E-state index is -3.52. The standard InChI is InChI=1S/C19H22F2N2O3S/c1-3-23(4-2)27(25,26)16-9-5-14(6-10-16)7-12-19(24)22-18-13-15(20)8-11-17(18)21/h5-6,8-11,13H,3-4,7,12H2,1-2H3,(H,22,24). The lowest BCUT2D eigenvalue weighted by atomic mass is 10.1. The van der Waals surface area contributed by atoms with E-state index >= 15 is 0 Å². The van der Waals surface area contributed by atoms with Crippen LogP contribution < -0.4 is 5.32 Å². The van der Waals surface area contributed by atoms with Gasteiger partial charge in [0.25, 0.3) is 0 Å². The van der Waals surface area contributed by atoms with Crippen LogP contribution in [0.2, 0.25) is 0 Å². The summed E-state index contributed by atoms with van der Waals surface area (Å²) in [5.41, 5.74) is 0.559. The number of amides is 1. The molecule has 146 valence electrons. The predicted octanol–water partition coefficient (Wildman–Crippen LogP) is 3.57. The lowest BCUT2D eigenvalue weighted by Crippen LogP contribution is -2.30. The van der Waals surface area contributed by atoms with E-state index in [1.54, 1.807) is 26.0 Å². The second-order valence-electron chi connectivity index (χ2n) is 5.91. The molecule has 2 aromatic carbocycles. The molecule has 1 N–H and O–H groups in total. The van der Waals surface area contributed by atoms with Gasteiger partial charge in [0.15, 0.2) is 0 Å². The Morgan fingerprint density at radius 1 is 1.04 bits per heavy atom. The van der Waals surface area contributed by atoms with E-state index in [-0.39, 0.29) is 17.0 Å². The van der Waals surface area contributed by atoms with E-state index in [0.29, 0.717) is 19.5 Å². The molecule has 0 heterocycles. The Morgan fingerprint density at radius 3 is 2.26 bits per heavy atom. The summed E-state index contributed by atoms with van der Waals surface area (Å²) >= 11 is 0. The van der Waals surface area contributed by atoms with Gasteiger partial charge in [-0.1, -0.05) is 26.0 Å². The number of rotatable bonds is 8. The van der Waals surface area contributed by atoms with Gasteiger partial charge in [0.1, 0.15) is 11.6 Å². The SMILES string of the molecule is CCN(CC)S(=O)(=O)c1ccc(CCC(=O)Nc2cc(F)ccc2F)cc1. The van der Waals surface area contributed by atoms with E-state index in [1.165, 1.54) is 16.4 Å². The van der Waals surface area contributed by atoms with Gasteiger partial charge in [-0.2, -0.15) is 4.31 Å². The first-order valence-corrected chi connectivity index (χ1v) is 10.1. The quantitative estimate of drug-likeness (QED) is 0.742. The van der Waals surface area contributed by atoms with E-state index in [4.69, 9.17) is 0 Å². The summed E-state index contributed by atoms with van der Waals surface area (Å²) in [5, 5.41) is 2.33. The van der Waals surface area contributed by atoms with Crippen molar-refractivity contribution >= 4 is 21.6 Å². The fourth-order valence-electron chi connectivity index (χ4n) is 2.60. The third kappa shape index (κ3) is 5.33. The highest BCUT2D eigenvalue weighted by Gasteiger charge is 2.21. The molecule has 5 nitrogen and oxygen atoms in total. The minimum Gasteiger partial charge on any atom is -0.324 e. The van der Waals surface area contributed by atoms with Crippen LogP contribution in [0.3, 0.4) is 0 Å². The summed E-state index contributed by atoms with van der Waals surface area (Å²) in [6.07, 6.45) is 0.395. The number of nitrogens with one attached hydrogen (secondary N) is 1. The molecule has 27 heavy (non-hydrogen) atoms. The molecule has 0 atom stereocenters. The molecule has 0 unspecified atom stereocenters. The third-order valence-electron chi connectivity index (χ3n) is 4.11. The van der Waals surface area contributed by atoms with Gasteiger partial charge >= 0.3 is 0 Å². The number of carbonyl (C=O) groups excluding carboxylic acids is 1. The summed E-state index contributed by atoms with van der Waals surface area (Å²) in [7, 11) is -3.52. The first-order valence-electron chi connectivity index (χ1n) is 8.62. The summed E-state index contributed by atoms with van der Waals surface area (Å²) in [5.74, 6) is -1.81. The van der Waals surface area contributed by atoms with Crippen LogP contribution in [0.5, 0.6) is 0 Å². The van der Waals surface area contributed by atoms with E-state index in [2.05, 4.69) is 5.32 Å². The number of anilines is 1. The molecule has 0 aromatic heterocycles. The minimum absolute atomic E-state index is 0.0537. The molecular weight excluding hydrogens is 374 g/mol. The number of nitrogens with zero attached hydrogens (tertiary/aromatic N) is 1. The second kappa shape index (κ2) is 9.05. The summed E-state index contributed by atoms with van der Waals surface area (Å²) in [6, 6.07) is 9.14. The summed E-state index contributed by atoms with van der Waals surface area (Å²) in [4.78, 5) is 12.1. The third-order valence-corrected chi connectivity index (χ3v) is 6.17. The van der Waals surface area contributed by atoms with Crippen LogP contribution in [0, 0.1) is 11.6 Å². The van der Waals surface area contributed by atoms with Gasteiger partial charge in [-0.05, 0) is 36.2 Å². The normalized spacial score (nSPS) is 11.6. The first kappa shape index (κ1) is 21.0. The second-order valence-corrected chi connectivity index (χ2v) is 7.84. The molecule has 2 aromatic rings. The highest BCUT2D eigenvalue weighted by atomic mass is 32.2. The molecular formula is C19H22F2N2O3S. The van der Waals surface area contributed by atoms with Gasteiger partial charge in [0.2, 0.25) is 15.9 Å². The van der Waals surface area contributed by atoms with Crippen molar-refractivity contribution in [3.63, 3.8) is 0 Å². The first-order chi connectivity index (χ1) is 12.8.